The van der Waals surface area contributed by atoms with Crippen LogP contribution in [-0.4, -0.2) is 34.5 Å². The fourth-order valence-electron chi connectivity index (χ4n) is 1.63. The van der Waals surface area contributed by atoms with Crippen molar-refractivity contribution in [2.45, 2.75) is 39.2 Å². The average Bonchev–Trinajstić information content (AvgIpc) is 2.65. The quantitative estimate of drug-likeness (QED) is 0.764. The molecule has 0 bridgehead atoms. The first-order chi connectivity index (χ1) is 7.52. The summed E-state index contributed by atoms with van der Waals surface area (Å²) >= 11 is 0. The number of imidazole rings is 1. The summed E-state index contributed by atoms with van der Waals surface area (Å²) in [6.45, 7) is 5.13. The molecule has 0 aliphatic rings. The largest absolute Gasteiger partial charge is 0.349 e. The van der Waals surface area contributed by atoms with Crippen molar-refractivity contribution in [1.29, 1.82) is 0 Å². The van der Waals surface area contributed by atoms with Gasteiger partial charge in [0, 0.05) is 45.4 Å². The van der Waals surface area contributed by atoms with Gasteiger partial charge in [-0.2, -0.15) is 0 Å². The van der Waals surface area contributed by atoms with Crippen LogP contribution in [0.2, 0.25) is 0 Å². The van der Waals surface area contributed by atoms with Gasteiger partial charge in [0.2, 0.25) is 5.91 Å². The molecular weight excluding hydrogens is 202 g/mol. The lowest BCUT2D eigenvalue weighted by Gasteiger charge is -2.12. The van der Waals surface area contributed by atoms with E-state index >= 15 is 0 Å². The van der Waals surface area contributed by atoms with Crippen LogP contribution in [0, 0.1) is 0 Å². The van der Waals surface area contributed by atoms with E-state index in [9.17, 15) is 4.79 Å². The zero-order valence-electron chi connectivity index (χ0n) is 10.6. The molecule has 1 heterocycles. The first kappa shape index (κ1) is 12.7. The normalized spacial score (nSPS) is 10.8. The standard InChI is InChI=1S/C12H21N3O/c1-10(2)12-13-7-9-15(12)8-5-6-11(16)14(3)4/h7,9-10H,5-6,8H2,1-4H3. The Balaban J connectivity index is 2.43. The molecule has 0 atom stereocenters. The summed E-state index contributed by atoms with van der Waals surface area (Å²) in [4.78, 5) is 17.3. The molecule has 0 saturated heterocycles. The molecule has 0 aliphatic carbocycles. The van der Waals surface area contributed by atoms with Crippen molar-refractivity contribution in [1.82, 2.24) is 14.5 Å². The maximum Gasteiger partial charge on any atom is 0.222 e. The van der Waals surface area contributed by atoms with Gasteiger partial charge in [-0.25, -0.2) is 4.98 Å². The zero-order chi connectivity index (χ0) is 12.1. The van der Waals surface area contributed by atoms with Gasteiger partial charge in [-0.15, -0.1) is 0 Å². The number of amides is 1. The van der Waals surface area contributed by atoms with Gasteiger partial charge in [-0.3, -0.25) is 4.79 Å². The predicted molar refractivity (Wildman–Crippen MR) is 64.2 cm³/mol. The van der Waals surface area contributed by atoms with Crippen molar-refractivity contribution in [3.05, 3.63) is 18.2 Å². The molecule has 1 amide bonds. The maximum absolute atomic E-state index is 11.4. The third kappa shape index (κ3) is 3.36. The SMILES string of the molecule is CC(C)c1nccn1CCCC(=O)N(C)C. The van der Waals surface area contributed by atoms with Crippen molar-refractivity contribution in [3.63, 3.8) is 0 Å². The minimum absolute atomic E-state index is 0.186. The Morgan fingerprint density at radius 2 is 2.19 bits per heavy atom. The Morgan fingerprint density at radius 3 is 2.75 bits per heavy atom. The van der Waals surface area contributed by atoms with Crippen LogP contribution in [0.4, 0.5) is 0 Å². The lowest BCUT2D eigenvalue weighted by molar-refractivity contribution is -0.128. The Bertz CT molecular complexity index is 342. The number of aryl methyl sites for hydroxylation is 1. The summed E-state index contributed by atoms with van der Waals surface area (Å²) in [7, 11) is 3.58. The Labute approximate surface area is 97.3 Å². The Kier molecular flexibility index (Phi) is 4.52. The van der Waals surface area contributed by atoms with Crippen LogP contribution in [0.5, 0.6) is 0 Å². The minimum atomic E-state index is 0.186. The van der Waals surface area contributed by atoms with Crippen LogP contribution >= 0.6 is 0 Å². The van der Waals surface area contributed by atoms with Gasteiger partial charge in [-0.05, 0) is 6.42 Å². The van der Waals surface area contributed by atoms with Gasteiger partial charge in [-0.1, -0.05) is 13.8 Å². The van der Waals surface area contributed by atoms with Gasteiger partial charge in [0.25, 0.3) is 0 Å². The molecule has 0 N–H and O–H groups in total. The van der Waals surface area contributed by atoms with Gasteiger partial charge in [0.15, 0.2) is 0 Å². The van der Waals surface area contributed by atoms with E-state index in [0.717, 1.165) is 18.8 Å². The fraction of sp³-hybridized carbons (Fsp3) is 0.667. The molecule has 16 heavy (non-hydrogen) atoms. The number of carbonyl (C=O) groups excluding carboxylic acids is 1. The maximum atomic E-state index is 11.4. The predicted octanol–water partition coefficient (Wildman–Crippen LogP) is 1.87. The van der Waals surface area contributed by atoms with Crippen LogP contribution in [0.25, 0.3) is 0 Å². The smallest absolute Gasteiger partial charge is 0.222 e. The lowest BCUT2D eigenvalue weighted by atomic mass is 10.2. The number of hydrogen-bond acceptors (Lipinski definition) is 2. The molecule has 1 aromatic rings. The molecule has 0 aliphatic heterocycles. The lowest BCUT2D eigenvalue weighted by Crippen LogP contribution is -2.21. The van der Waals surface area contributed by atoms with E-state index in [1.54, 1.807) is 19.0 Å². The highest BCUT2D eigenvalue weighted by Gasteiger charge is 2.08. The second-order valence-corrected chi connectivity index (χ2v) is 4.53. The number of rotatable bonds is 5. The van der Waals surface area contributed by atoms with Crippen LogP contribution in [-0.2, 0) is 11.3 Å². The van der Waals surface area contributed by atoms with Crippen LogP contribution in [0.15, 0.2) is 12.4 Å². The molecule has 1 aromatic heterocycles. The Hall–Kier alpha value is -1.32. The first-order valence-corrected chi connectivity index (χ1v) is 5.73. The molecule has 0 aromatic carbocycles. The number of carbonyl (C=O) groups is 1. The van der Waals surface area contributed by atoms with Crippen LogP contribution in [0.1, 0.15) is 38.4 Å². The van der Waals surface area contributed by atoms with Crippen molar-refractivity contribution >= 4 is 5.91 Å². The van der Waals surface area contributed by atoms with E-state index < -0.39 is 0 Å². The molecule has 0 unspecified atom stereocenters. The van der Waals surface area contributed by atoms with Crippen LogP contribution < -0.4 is 0 Å². The van der Waals surface area contributed by atoms with Crippen molar-refractivity contribution in [3.8, 4) is 0 Å². The monoisotopic (exact) mass is 223 g/mol. The van der Waals surface area contributed by atoms with Crippen molar-refractivity contribution in [2.24, 2.45) is 0 Å². The molecule has 4 nitrogen and oxygen atoms in total. The number of aromatic nitrogens is 2. The second kappa shape index (κ2) is 5.68. The Morgan fingerprint density at radius 1 is 1.50 bits per heavy atom. The summed E-state index contributed by atoms with van der Waals surface area (Å²) in [6, 6.07) is 0. The topological polar surface area (TPSA) is 38.1 Å². The van der Waals surface area contributed by atoms with Gasteiger partial charge in [0.1, 0.15) is 5.82 Å². The first-order valence-electron chi connectivity index (χ1n) is 5.73. The number of nitrogens with zero attached hydrogens (tertiary/aromatic N) is 3. The van der Waals surface area contributed by atoms with E-state index in [2.05, 4.69) is 23.4 Å². The summed E-state index contributed by atoms with van der Waals surface area (Å²) in [5.41, 5.74) is 0. The molecule has 90 valence electrons. The highest BCUT2D eigenvalue weighted by Crippen LogP contribution is 2.12. The third-order valence-electron chi connectivity index (χ3n) is 2.55. The zero-order valence-corrected chi connectivity index (χ0v) is 10.6. The van der Waals surface area contributed by atoms with Gasteiger partial charge in [0.05, 0.1) is 0 Å². The van der Waals surface area contributed by atoms with E-state index in [4.69, 9.17) is 0 Å². The molecule has 0 saturated carbocycles. The van der Waals surface area contributed by atoms with Crippen molar-refractivity contribution < 1.29 is 4.79 Å². The molecular formula is C12H21N3O. The summed E-state index contributed by atoms with van der Waals surface area (Å²) < 4.78 is 2.13. The average molecular weight is 223 g/mol. The summed E-state index contributed by atoms with van der Waals surface area (Å²) in [5, 5.41) is 0. The molecule has 0 radical (unpaired) electrons. The van der Waals surface area contributed by atoms with E-state index in [1.807, 2.05) is 12.4 Å². The van der Waals surface area contributed by atoms with Crippen LogP contribution in [0.3, 0.4) is 0 Å². The molecule has 0 fully saturated rings. The second-order valence-electron chi connectivity index (χ2n) is 4.53. The fourth-order valence-corrected chi connectivity index (χ4v) is 1.63. The third-order valence-corrected chi connectivity index (χ3v) is 2.55. The molecule has 0 spiro atoms. The number of hydrogen-bond donors (Lipinski definition) is 0. The molecule has 1 rings (SSSR count). The minimum Gasteiger partial charge on any atom is -0.349 e. The van der Waals surface area contributed by atoms with E-state index in [1.165, 1.54) is 0 Å². The van der Waals surface area contributed by atoms with E-state index in [0.29, 0.717) is 12.3 Å². The van der Waals surface area contributed by atoms with E-state index in [-0.39, 0.29) is 5.91 Å². The van der Waals surface area contributed by atoms with Gasteiger partial charge < -0.3 is 9.47 Å². The van der Waals surface area contributed by atoms with Crippen molar-refractivity contribution in [2.75, 3.05) is 14.1 Å². The highest BCUT2D eigenvalue weighted by atomic mass is 16.2. The summed E-state index contributed by atoms with van der Waals surface area (Å²) in [6.07, 6.45) is 5.27. The molecule has 4 heteroatoms. The summed E-state index contributed by atoms with van der Waals surface area (Å²) in [5.74, 6) is 1.71. The van der Waals surface area contributed by atoms with Gasteiger partial charge >= 0.3 is 0 Å². The highest BCUT2D eigenvalue weighted by molar-refractivity contribution is 5.75.